The highest BCUT2D eigenvalue weighted by molar-refractivity contribution is 8.25. The first kappa shape index (κ1) is 14.2. The molecule has 94 valence electrons. The number of hydrogen-bond donors (Lipinski definition) is 2. The van der Waals surface area contributed by atoms with Gasteiger partial charge in [-0.2, -0.15) is 0 Å². The maximum Gasteiger partial charge on any atom is 0.344 e. The molecule has 0 aromatic carbocycles. The van der Waals surface area contributed by atoms with Gasteiger partial charge in [0, 0.05) is 5.75 Å². The molecule has 0 bridgehead atoms. The summed E-state index contributed by atoms with van der Waals surface area (Å²) in [5.74, 6) is -3.66. The Morgan fingerprint density at radius 3 is 2.41 bits per heavy atom. The molecule has 0 saturated carbocycles. The molecule has 0 aromatic rings. The molecule has 0 radical (unpaired) electrons. The first-order chi connectivity index (χ1) is 7.95. The Hall–Kier alpha value is -0.860. The van der Waals surface area contributed by atoms with Gasteiger partial charge in [-0.05, 0) is 0 Å². The number of carboxylic acids is 2. The topological polar surface area (TPSA) is 101 Å². The molecule has 1 aliphatic rings. The van der Waals surface area contributed by atoms with Gasteiger partial charge in [-0.25, -0.2) is 9.59 Å². The standard InChI is InChI=1S/C8H7ClO6S2/c9-1-3(10)15-4-2-16-8(17-4)5(6(11)12)7(13)14/h4H,1-2H2,(H,11,12)(H,13,14). The first-order valence-electron chi connectivity index (χ1n) is 4.21. The zero-order chi connectivity index (χ0) is 13.0. The summed E-state index contributed by atoms with van der Waals surface area (Å²) in [5.41, 5.74) is -1.31. The van der Waals surface area contributed by atoms with Crippen molar-refractivity contribution in [1.82, 2.24) is 0 Å². The molecule has 1 rings (SSSR count). The number of ether oxygens (including phenoxy) is 1. The van der Waals surface area contributed by atoms with Crippen LogP contribution in [0.1, 0.15) is 0 Å². The molecule has 1 saturated heterocycles. The summed E-state index contributed by atoms with van der Waals surface area (Å²) in [7, 11) is 0. The number of thioether (sulfide) groups is 2. The summed E-state index contributed by atoms with van der Waals surface area (Å²) < 4.78 is 4.97. The second-order valence-corrected chi connectivity index (χ2v) is 5.48. The average Bonchev–Trinajstić information content (AvgIpc) is 2.64. The van der Waals surface area contributed by atoms with Crippen molar-refractivity contribution in [2.75, 3.05) is 11.6 Å². The summed E-state index contributed by atoms with van der Waals surface area (Å²) in [6, 6.07) is 0. The van der Waals surface area contributed by atoms with E-state index in [0.717, 1.165) is 23.5 Å². The van der Waals surface area contributed by atoms with Crippen molar-refractivity contribution in [2.24, 2.45) is 0 Å². The van der Waals surface area contributed by atoms with Crippen molar-refractivity contribution < 1.29 is 29.3 Å². The van der Waals surface area contributed by atoms with Crippen LogP contribution in [0.5, 0.6) is 0 Å². The third-order valence-electron chi connectivity index (χ3n) is 1.59. The SMILES string of the molecule is O=C(CCl)OC1CSC(=C(C(=O)O)C(=O)O)S1. The van der Waals surface area contributed by atoms with Crippen molar-refractivity contribution in [3.63, 3.8) is 0 Å². The van der Waals surface area contributed by atoms with Crippen LogP contribution >= 0.6 is 35.1 Å². The minimum atomic E-state index is -1.52. The molecular weight excluding hydrogens is 292 g/mol. The maximum atomic E-state index is 10.9. The summed E-state index contributed by atoms with van der Waals surface area (Å²) >= 11 is 7.17. The highest BCUT2D eigenvalue weighted by Gasteiger charge is 2.32. The van der Waals surface area contributed by atoms with E-state index in [9.17, 15) is 14.4 Å². The Balaban J connectivity index is 2.77. The second-order valence-electron chi connectivity index (χ2n) is 2.75. The number of alkyl halides is 1. The molecule has 1 heterocycles. The van der Waals surface area contributed by atoms with Gasteiger partial charge >= 0.3 is 17.9 Å². The Morgan fingerprint density at radius 1 is 1.35 bits per heavy atom. The molecule has 1 atom stereocenters. The number of carboxylic acid groups (broad SMARTS) is 2. The molecule has 0 spiro atoms. The first-order valence-corrected chi connectivity index (χ1v) is 6.61. The lowest BCUT2D eigenvalue weighted by Gasteiger charge is -2.07. The highest BCUT2D eigenvalue weighted by atomic mass is 35.5. The van der Waals surface area contributed by atoms with Crippen molar-refractivity contribution in [1.29, 1.82) is 0 Å². The van der Waals surface area contributed by atoms with Crippen LogP contribution in [-0.2, 0) is 19.1 Å². The largest absolute Gasteiger partial charge is 0.477 e. The van der Waals surface area contributed by atoms with Gasteiger partial charge in [0.1, 0.15) is 5.88 Å². The van der Waals surface area contributed by atoms with Crippen LogP contribution in [0.4, 0.5) is 0 Å². The molecule has 0 aliphatic carbocycles. The lowest BCUT2D eigenvalue weighted by Crippen LogP contribution is -2.15. The van der Waals surface area contributed by atoms with E-state index in [1.807, 2.05) is 0 Å². The number of rotatable bonds is 4. The number of aliphatic carboxylic acids is 2. The summed E-state index contributed by atoms with van der Waals surface area (Å²) in [4.78, 5) is 32.3. The quantitative estimate of drug-likeness (QED) is 0.260. The van der Waals surface area contributed by atoms with Gasteiger partial charge in [-0.1, -0.05) is 11.8 Å². The normalized spacial score (nSPS) is 18.9. The van der Waals surface area contributed by atoms with Crippen LogP contribution in [0.2, 0.25) is 0 Å². The van der Waals surface area contributed by atoms with Gasteiger partial charge in [-0.3, -0.25) is 4.79 Å². The van der Waals surface area contributed by atoms with Gasteiger partial charge in [0.15, 0.2) is 11.0 Å². The van der Waals surface area contributed by atoms with E-state index in [1.165, 1.54) is 0 Å². The maximum absolute atomic E-state index is 10.9. The molecule has 0 amide bonds. The van der Waals surface area contributed by atoms with Crippen LogP contribution in [0.3, 0.4) is 0 Å². The van der Waals surface area contributed by atoms with Gasteiger partial charge in [0.2, 0.25) is 0 Å². The van der Waals surface area contributed by atoms with E-state index in [1.54, 1.807) is 0 Å². The van der Waals surface area contributed by atoms with Crippen LogP contribution in [-0.4, -0.2) is 45.2 Å². The lowest BCUT2D eigenvalue weighted by atomic mass is 10.3. The summed E-state index contributed by atoms with van der Waals surface area (Å²) in [5, 5.41) is 17.4. The van der Waals surface area contributed by atoms with Crippen molar-refractivity contribution in [3.05, 3.63) is 9.81 Å². The number of hydrogen-bond acceptors (Lipinski definition) is 6. The fourth-order valence-corrected chi connectivity index (χ4v) is 3.66. The summed E-state index contributed by atoms with van der Waals surface area (Å²) in [6.45, 7) is 0. The molecule has 6 nitrogen and oxygen atoms in total. The van der Waals surface area contributed by atoms with E-state index in [-0.39, 0.29) is 10.1 Å². The van der Waals surface area contributed by atoms with Crippen molar-refractivity contribution in [3.8, 4) is 0 Å². The van der Waals surface area contributed by atoms with Crippen LogP contribution in [0.15, 0.2) is 9.81 Å². The van der Waals surface area contributed by atoms with Crippen molar-refractivity contribution >= 4 is 53.0 Å². The van der Waals surface area contributed by atoms with E-state index in [2.05, 4.69) is 0 Å². The Bertz CT molecular complexity index is 377. The predicted molar refractivity (Wildman–Crippen MR) is 62.9 cm³/mol. The minimum absolute atomic E-state index is 0.123. The molecule has 1 unspecified atom stereocenters. The van der Waals surface area contributed by atoms with E-state index < -0.39 is 28.9 Å². The monoisotopic (exact) mass is 298 g/mol. The zero-order valence-electron chi connectivity index (χ0n) is 8.21. The van der Waals surface area contributed by atoms with E-state index in [0.29, 0.717) is 5.75 Å². The fraction of sp³-hybridized carbons (Fsp3) is 0.375. The Morgan fingerprint density at radius 2 is 1.94 bits per heavy atom. The third kappa shape index (κ3) is 3.83. The lowest BCUT2D eigenvalue weighted by molar-refractivity contribution is -0.142. The van der Waals surface area contributed by atoms with E-state index in [4.69, 9.17) is 26.6 Å². The van der Waals surface area contributed by atoms with Crippen LogP contribution in [0.25, 0.3) is 0 Å². The number of carbonyl (C=O) groups excluding carboxylic acids is 1. The Labute approximate surface area is 109 Å². The minimum Gasteiger partial charge on any atom is -0.477 e. The molecule has 0 aromatic heterocycles. The molecule has 9 heteroatoms. The van der Waals surface area contributed by atoms with Crippen molar-refractivity contribution in [2.45, 2.75) is 5.44 Å². The van der Waals surface area contributed by atoms with Gasteiger partial charge < -0.3 is 14.9 Å². The summed E-state index contributed by atoms with van der Waals surface area (Å²) in [6.07, 6.45) is 0. The molecule has 1 fully saturated rings. The molecular formula is C8H7ClO6S2. The number of halogens is 1. The molecule has 2 N–H and O–H groups in total. The van der Waals surface area contributed by atoms with Crippen LogP contribution in [0, 0.1) is 0 Å². The van der Waals surface area contributed by atoms with Gasteiger partial charge in [-0.15, -0.1) is 23.4 Å². The third-order valence-corrected chi connectivity index (χ3v) is 4.54. The average molecular weight is 299 g/mol. The number of esters is 1. The van der Waals surface area contributed by atoms with Gasteiger partial charge in [0.05, 0.1) is 4.24 Å². The predicted octanol–water partition coefficient (Wildman–Crippen LogP) is 0.955. The van der Waals surface area contributed by atoms with Gasteiger partial charge in [0.25, 0.3) is 0 Å². The smallest absolute Gasteiger partial charge is 0.344 e. The zero-order valence-corrected chi connectivity index (χ0v) is 10.6. The molecule has 17 heavy (non-hydrogen) atoms. The number of carbonyl (C=O) groups is 3. The van der Waals surface area contributed by atoms with Crippen LogP contribution < -0.4 is 0 Å². The highest BCUT2D eigenvalue weighted by Crippen LogP contribution is 2.44. The Kier molecular flexibility index (Phi) is 5.16. The fourth-order valence-electron chi connectivity index (χ4n) is 0.965. The van der Waals surface area contributed by atoms with E-state index >= 15 is 0 Å². The molecule has 1 aliphatic heterocycles. The second kappa shape index (κ2) is 6.18.